The maximum Gasteiger partial charge on any atom is 1.00 e. The van der Waals surface area contributed by atoms with Crippen molar-refractivity contribution in [3.05, 3.63) is 105 Å². The number of anilines is 1. The molecular weight excluding hydrogens is 1200 g/mol. The first-order valence-corrected chi connectivity index (χ1v) is 28.4. The SMILES string of the molecule is Cc1cc(Cc2nc(Cc3cc(C)c(N=Nc4ccc(Cl)c(S(=O)(=O)[O-])c4)cc3OCCCS(=O)(=O)[O-])nc(NCCS(=O)(=O)[O-])n2)c(OCCCS(=O)(=O)[O-])cc1N=Nc1ccc(Cl)c(S(=O)(=O)[O-])c1.[Na+].[Na+].[Na+].[Na+].[Na+]. The first-order valence-electron chi connectivity index (χ1n) is 20.1. The number of hydrogen-bond donors (Lipinski definition) is 1. The number of aromatic nitrogens is 3. The summed E-state index contributed by atoms with van der Waals surface area (Å²) in [6.45, 7) is 2.19. The average Bonchev–Trinajstić information content (AvgIpc) is 3.23. The molecule has 5 aromatic rings. The van der Waals surface area contributed by atoms with E-state index in [4.69, 9.17) is 32.7 Å². The monoisotopic (exact) mass is 1230 g/mol. The fourth-order valence-electron chi connectivity index (χ4n) is 6.12. The van der Waals surface area contributed by atoms with Crippen molar-refractivity contribution in [2.75, 3.05) is 42.3 Å². The van der Waals surface area contributed by atoms with Crippen LogP contribution in [0, 0.1) is 13.8 Å². The molecule has 76 heavy (non-hydrogen) atoms. The summed E-state index contributed by atoms with van der Waals surface area (Å²) < 4.78 is 184. The molecule has 0 fully saturated rings. The Morgan fingerprint density at radius 2 is 0.882 bits per heavy atom. The minimum Gasteiger partial charge on any atom is -0.748 e. The van der Waals surface area contributed by atoms with E-state index >= 15 is 0 Å². The van der Waals surface area contributed by atoms with Crippen molar-refractivity contribution < 1.29 is 222 Å². The molecule has 37 heteroatoms. The number of nitrogens with one attached hydrogen (secondary N) is 1. The smallest absolute Gasteiger partial charge is 0.748 e. The maximum absolute atomic E-state index is 11.7. The normalized spacial score (nSPS) is 11.9. The Morgan fingerprint density at radius 1 is 0.513 bits per heavy atom. The van der Waals surface area contributed by atoms with E-state index in [9.17, 15) is 64.9 Å². The molecule has 1 aromatic heterocycles. The van der Waals surface area contributed by atoms with Gasteiger partial charge in [0, 0.05) is 54.2 Å². The van der Waals surface area contributed by atoms with Gasteiger partial charge in [-0.3, -0.25) is 0 Å². The van der Waals surface area contributed by atoms with Crippen LogP contribution in [0.25, 0.3) is 0 Å². The van der Waals surface area contributed by atoms with Crippen molar-refractivity contribution in [2.45, 2.75) is 49.3 Å². The third-order valence-corrected chi connectivity index (χ3v) is 14.2. The third-order valence-electron chi connectivity index (χ3n) is 9.33. The summed E-state index contributed by atoms with van der Waals surface area (Å²) in [5.74, 6) is -2.48. The third kappa shape index (κ3) is 25.8. The van der Waals surface area contributed by atoms with Gasteiger partial charge in [0.05, 0.1) is 91.9 Å². The van der Waals surface area contributed by atoms with E-state index in [-0.39, 0.29) is 249 Å². The Kier molecular flexibility index (Phi) is 32.9. The van der Waals surface area contributed by atoms with Crippen LogP contribution in [0.5, 0.6) is 11.5 Å². The summed E-state index contributed by atoms with van der Waals surface area (Å²) in [6.07, 6.45) is -0.843. The Balaban J connectivity index is 0.0000112. The van der Waals surface area contributed by atoms with Gasteiger partial charge in [-0.05, 0) is 86.3 Å². The quantitative estimate of drug-likeness (QED) is 0.0259. The molecule has 0 spiro atoms. The average molecular weight is 1240 g/mol. The van der Waals surface area contributed by atoms with Crippen molar-refractivity contribution >= 4 is 102 Å². The van der Waals surface area contributed by atoms with E-state index in [2.05, 4.69) is 40.7 Å². The first-order chi connectivity index (χ1) is 32.9. The zero-order valence-corrected chi connectivity index (χ0v) is 57.3. The van der Waals surface area contributed by atoms with Crippen molar-refractivity contribution in [2.24, 2.45) is 20.5 Å². The van der Waals surface area contributed by atoms with Gasteiger partial charge in [0.2, 0.25) is 5.95 Å². The van der Waals surface area contributed by atoms with Crippen molar-refractivity contribution in [3.63, 3.8) is 0 Å². The molecule has 5 rings (SSSR count). The predicted octanol–water partition coefficient (Wildman–Crippen LogP) is -9.78. The van der Waals surface area contributed by atoms with E-state index in [1.54, 1.807) is 26.0 Å². The van der Waals surface area contributed by atoms with Crippen LogP contribution in [0.1, 0.15) is 46.7 Å². The van der Waals surface area contributed by atoms with Crippen LogP contribution in [0.15, 0.2) is 90.9 Å². The van der Waals surface area contributed by atoms with Gasteiger partial charge in [0.25, 0.3) is 0 Å². The predicted molar refractivity (Wildman–Crippen MR) is 247 cm³/mol. The number of nitrogens with zero attached hydrogens (tertiary/aromatic N) is 7. The minimum atomic E-state index is -4.98. The molecule has 0 amide bonds. The molecule has 0 saturated heterocycles. The number of aryl methyl sites for hydroxylation is 2. The zero-order valence-electron chi connectivity index (χ0n) is 41.7. The van der Waals surface area contributed by atoms with Gasteiger partial charge >= 0.3 is 148 Å². The summed E-state index contributed by atoms with van der Waals surface area (Å²) in [4.78, 5) is 11.9. The molecule has 384 valence electrons. The number of benzene rings is 4. The molecular formula is C39H37Cl2N8Na5O17S5. The van der Waals surface area contributed by atoms with E-state index in [0.29, 0.717) is 22.3 Å². The van der Waals surface area contributed by atoms with Gasteiger partial charge in [0.1, 0.15) is 43.4 Å². The largest absolute Gasteiger partial charge is 1.00 e. The van der Waals surface area contributed by atoms with E-state index < -0.39 is 84.2 Å². The molecule has 0 unspecified atom stereocenters. The summed E-state index contributed by atoms with van der Waals surface area (Å²) >= 11 is 11.8. The number of azo groups is 2. The molecule has 25 nitrogen and oxygen atoms in total. The molecule has 1 heterocycles. The number of rotatable bonds is 24. The molecule has 0 atom stereocenters. The van der Waals surface area contributed by atoms with Crippen LogP contribution in [0.4, 0.5) is 28.7 Å². The molecule has 1 N–H and O–H groups in total. The zero-order chi connectivity index (χ0) is 52.5. The number of halogens is 2. The standard InChI is InChI=1S/C39H42Cl2N8O17S5.5Na/c1-23-15-25(33(65-10-3-12-67(50,51)52)21-31(23)48-46-27-5-7-29(40)35(19-27)70(59,60)61)17-37-43-38(45-39(44-37)42-9-14-69(56,57)58)18-26-16-24(2)32(22-34(26)66-11-4-13-68(53,54)55)49-47-28-6-8-30(41)36(20-28)71(62,63)64;;;;;/h5-8,15-16,19-22H,3-4,9-14,17-18H2,1-2H3,(H,50,51,52)(H,53,54,55)(H,56,57,58)(H,59,60,61)(H,62,63,64)(H,42,43,44,45);;;;;/q;5*+1/p-5. The van der Waals surface area contributed by atoms with Gasteiger partial charge in [-0.25, -0.2) is 47.1 Å². The molecule has 4 aromatic carbocycles. The van der Waals surface area contributed by atoms with Gasteiger partial charge < -0.3 is 37.6 Å². The van der Waals surface area contributed by atoms with E-state index in [1.807, 2.05) is 0 Å². The Morgan fingerprint density at radius 3 is 1.22 bits per heavy atom. The van der Waals surface area contributed by atoms with E-state index in [0.717, 1.165) is 24.3 Å². The fraction of sp³-hybridized carbons (Fsp3) is 0.308. The van der Waals surface area contributed by atoms with Crippen molar-refractivity contribution in [1.82, 2.24) is 15.0 Å². The molecule has 0 aliphatic rings. The Labute approximate surface area is 559 Å². The topological polar surface area (TPSA) is 405 Å². The van der Waals surface area contributed by atoms with Gasteiger partial charge in [0.15, 0.2) is 0 Å². The van der Waals surface area contributed by atoms with Gasteiger partial charge in [-0.2, -0.15) is 30.4 Å². The molecule has 0 radical (unpaired) electrons. The van der Waals surface area contributed by atoms with Crippen LogP contribution in [0.3, 0.4) is 0 Å². The van der Waals surface area contributed by atoms with Crippen molar-refractivity contribution in [1.29, 1.82) is 0 Å². The van der Waals surface area contributed by atoms with E-state index in [1.165, 1.54) is 24.3 Å². The summed E-state index contributed by atoms with van der Waals surface area (Å²) in [5.41, 5.74) is 1.70. The van der Waals surface area contributed by atoms with Crippen LogP contribution in [-0.4, -0.2) is 117 Å². The fourth-order valence-corrected chi connectivity index (χ4v) is 9.36. The molecule has 0 aliphatic heterocycles. The Hall–Kier alpha value is -0.380. The van der Waals surface area contributed by atoms with Gasteiger partial charge in [-0.15, -0.1) is 0 Å². The summed E-state index contributed by atoms with van der Waals surface area (Å²) in [5, 5.41) is 18.4. The van der Waals surface area contributed by atoms with Crippen molar-refractivity contribution in [3.8, 4) is 11.5 Å². The second-order valence-electron chi connectivity index (χ2n) is 15.0. The maximum atomic E-state index is 11.7. The summed E-state index contributed by atoms with van der Waals surface area (Å²) in [7, 11) is -23.9. The number of hydrogen-bond acceptors (Lipinski definition) is 25. The van der Waals surface area contributed by atoms with Crippen LogP contribution < -0.4 is 163 Å². The number of ether oxygens (including phenoxy) is 2. The Bertz CT molecular complexity index is 3280. The minimum absolute atomic E-state index is 0. The van der Waals surface area contributed by atoms with Crippen LogP contribution in [0.2, 0.25) is 10.0 Å². The molecule has 0 bridgehead atoms. The molecule has 0 saturated carbocycles. The first kappa shape index (κ1) is 75.6. The summed E-state index contributed by atoms with van der Waals surface area (Å²) in [6, 6.07) is 12.6. The van der Waals surface area contributed by atoms with Gasteiger partial charge in [-0.1, -0.05) is 23.2 Å². The van der Waals surface area contributed by atoms with Crippen LogP contribution in [-0.2, 0) is 63.4 Å². The second-order valence-corrected chi connectivity index (χ2v) is 23.1. The van der Waals surface area contributed by atoms with Crippen LogP contribution >= 0.6 is 23.2 Å². The molecule has 0 aliphatic carbocycles. The second kappa shape index (κ2) is 33.1.